The molecular weight excluding hydrogens is 236 g/mol. The molecule has 2 unspecified atom stereocenters. The maximum absolute atomic E-state index is 12.1. The van der Waals surface area contributed by atoms with Crippen molar-refractivity contribution in [3.05, 3.63) is 35.9 Å². The largest absolute Gasteiger partial charge is 0.348 e. The molecule has 106 valence electrons. The molecule has 1 amide bonds. The lowest BCUT2D eigenvalue weighted by atomic mass is 9.85. The van der Waals surface area contributed by atoms with E-state index in [4.69, 9.17) is 0 Å². The van der Waals surface area contributed by atoms with Crippen molar-refractivity contribution in [2.24, 2.45) is 5.41 Å². The summed E-state index contributed by atoms with van der Waals surface area (Å²) in [6.07, 6.45) is 0.916. The Labute approximate surface area is 116 Å². The minimum atomic E-state index is -0.175. The van der Waals surface area contributed by atoms with Crippen LogP contribution in [0.2, 0.25) is 0 Å². The van der Waals surface area contributed by atoms with Gasteiger partial charge in [0.25, 0.3) is 0 Å². The Balaban J connectivity index is 2.85. The molecule has 1 rings (SSSR count). The van der Waals surface area contributed by atoms with Crippen molar-refractivity contribution >= 4 is 5.91 Å². The lowest BCUT2D eigenvalue weighted by molar-refractivity contribution is -0.123. The lowest BCUT2D eigenvalue weighted by Crippen LogP contribution is -2.42. The van der Waals surface area contributed by atoms with Crippen LogP contribution in [0.4, 0.5) is 0 Å². The average molecular weight is 262 g/mol. The maximum Gasteiger partial charge on any atom is 0.237 e. The molecule has 0 saturated heterocycles. The summed E-state index contributed by atoms with van der Waals surface area (Å²) in [7, 11) is 1.80. The van der Waals surface area contributed by atoms with Crippen molar-refractivity contribution < 1.29 is 4.79 Å². The number of carbonyl (C=O) groups is 1. The average Bonchev–Trinajstić information content (AvgIpc) is 2.36. The second-order valence-corrected chi connectivity index (χ2v) is 6.25. The van der Waals surface area contributed by atoms with E-state index in [1.54, 1.807) is 7.05 Å². The minimum Gasteiger partial charge on any atom is -0.348 e. The highest BCUT2D eigenvalue weighted by Crippen LogP contribution is 2.29. The van der Waals surface area contributed by atoms with E-state index in [0.29, 0.717) is 0 Å². The summed E-state index contributed by atoms with van der Waals surface area (Å²) in [6.45, 7) is 8.44. The predicted molar refractivity (Wildman–Crippen MR) is 79.9 cm³/mol. The van der Waals surface area contributed by atoms with Crippen molar-refractivity contribution in [2.75, 3.05) is 7.05 Å². The van der Waals surface area contributed by atoms with Crippen molar-refractivity contribution in [3.63, 3.8) is 0 Å². The molecule has 0 spiro atoms. The van der Waals surface area contributed by atoms with Crippen LogP contribution in [-0.2, 0) is 4.79 Å². The molecule has 0 aromatic heterocycles. The van der Waals surface area contributed by atoms with Gasteiger partial charge in [0.05, 0.1) is 12.1 Å². The Hall–Kier alpha value is -1.35. The topological polar surface area (TPSA) is 41.1 Å². The van der Waals surface area contributed by atoms with Gasteiger partial charge >= 0.3 is 0 Å². The number of likely N-dealkylation sites (N-methyl/N-ethyl adjacent to an activating group) is 1. The summed E-state index contributed by atoms with van der Waals surface area (Å²) in [5.74, 6) is 0.0422. The quantitative estimate of drug-likeness (QED) is 0.856. The highest BCUT2D eigenvalue weighted by Gasteiger charge is 2.23. The molecule has 2 atom stereocenters. The van der Waals surface area contributed by atoms with Gasteiger partial charge in [0.15, 0.2) is 0 Å². The third-order valence-corrected chi connectivity index (χ3v) is 3.16. The van der Waals surface area contributed by atoms with Crippen molar-refractivity contribution in [1.82, 2.24) is 10.6 Å². The van der Waals surface area contributed by atoms with Crippen LogP contribution in [0.3, 0.4) is 0 Å². The van der Waals surface area contributed by atoms with Crippen molar-refractivity contribution in [1.29, 1.82) is 0 Å². The third kappa shape index (κ3) is 5.43. The SMILES string of the molecule is CNC(C)C(=O)NC(CC(C)(C)C)c1ccccc1. The standard InChI is InChI=1S/C16H26N2O/c1-12(17-5)15(19)18-14(11-16(2,3)4)13-9-7-6-8-10-13/h6-10,12,14,17H,11H2,1-5H3,(H,18,19). The van der Waals surface area contributed by atoms with Crippen molar-refractivity contribution in [3.8, 4) is 0 Å². The van der Waals surface area contributed by atoms with Gasteiger partial charge in [-0.05, 0) is 31.4 Å². The Kier molecular flexibility index (Phi) is 5.55. The van der Waals surface area contributed by atoms with Gasteiger partial charge in [-0.15, -0.1) is 0 Å². The van der Waals surface area contributed by atoms with E-state index < -0.39 is 0 Å². The predicted octanol–water partition coefficient (Wildman–Crippen LogP) is 2.89. The van der Waals surface area contributed by atoms with Crippen molar-refractivity contribution in [2.45, 2.75) is 46.2 Å². The normalized spacial score (nSPS) is 14.8. The minimum absolute atomic E-state index is 0.0422. The Bertz CT molecular complexity index is 395. The summed E-state index contributed by atoms with van der Waals surface area (Å²) in [5.41, 5.74) is 1.32. The number of benzene rings is 1. The van der Waals surface area contributed by atoms with Crippen LogP contribution in [-0.4, -0.2) is 19.0 Å². The molecule has 0 saturated carbocycles. The second-order valence-electron chi connectivity index (χ2n) is 6.25. The Morgan fingerprint density at radius 1 is 1.21 bits per heavy atom. The van der Waals surface area contributed by atoms with E-state index in [2.05, 4.69) is 43.5 Å². The van der Waals surface area contributed by atoms with Gasteiger partial charge in [-0.1, -0.05) is 51.1 Å². The number of carbonyl (C=O) groups excluding carboxylic acids is 1. The van der Waals surface area contributed by atoms with Gasteiger partial charge in [0.2, 0.25) is 5.91 Å². The third-order valence-electron chi connectivity index (χ3n) is 3.16. The smallest absolute Gasteiger partial charge is 0.237 e. The van der Waals surface area contributed by atoms with Crippen LogP contribution in [0, 0.1) is 5.41 Å². The first-order chi connectivity index (χ1) is 8.83. The van der Waals surface area contributed by atoms with Crippen LogP contribution in [0.1, 0.15) is 45.7 Å². The van der Waals surface area contributed by atoms with Gasteiger partial charge in [-0.2, -0.15) is 0 Å². The summed E-state index contributed by atoms with van der Waals surface area (Å²) < 4.78 is 0. The number of amides is 1. The molecule has 1 aromatic carbocycles. The van der Waals surface area contributed by atoms with E-state index in [1.807, 2.05) is 25.1 Å². The summed E-state index contributed by atoms with van der Waals surface area (Å²) in [6, 6.07) is 10.0. The molecular formula is C16H26N2O. The highest BCUT2D eigenvalue weighted by molar-refractivity contribution is 5.81. The fourth-order valence-electron chi connectivity index (χ4n) is 1.98. The monoisotopic (exact) mass is 262 g/mol. The Morgan fingerprint density at radius 2 is 1.79 bits per heavy atom. The summed E-state index contributed by atoms with van der Waals surface area (Å²) >= 11 is 0. The molecule has 0 radical (unpaired) electrons. The van der Waals surface area contributed by atoms with Crippen LogP contribution in [0.15, 0.2) is 30.3 Å². The Morgan fingerprint density at radius 3 is 2.26 bits per heavy atom. The highest BCUT2D eigenvalue weighted by atomic mass is 16.2. The molecule has 0 heterocycles. The molecule has 19 heavy (non-hydrogen) atoms. The van der Waals surface area contributed by atoms with E-state index >= 15 is 0 Å². The lowest BCUT2D eigenvalue weighted by Gasteiger charge is -2.28. The number of nitrogens with one attached hydrogen (secondary N) is 2. The van der Waals surface area contributed by atoms with Gasteiger partial charge in [0.1, 0.15) is 0 Å². The molecule has 0 aliphatic rings. The van der Waals surface area contributed by atoms with Gasteiger partial charge in [-0.3, -0.25) is 4.79 Å². The molecule has 3 heteroatoms. The zero-order chi connectivity index (χ0) is 14.5. The van der Waals surface area contributed by atoms with E-state index in [1.165, 1.54) is 0 Å². The number of hydrogen-bond acceptors (Lipinski definition) is 2. The molecule has 0 aliphatic heterocycles. The second kappa shape index (κ2) is 6.71. The first kappa shape index (κ1) is 15.7. The molecule has 1 aromatic rings. The molecule has 3 nitrogen and oxygen atoms in total. The van der Waals surface area contributed by atoms with Gasteiger partial charge in [0, 0.05) is 0 Å². The fourth-order valence-corrected chi connectivity index (χ4v) is 1.98. The van der Waals surface area contributed by atoms with Crippen LogP contribution >= 0.6 is 0 Å². The van der Waals surface area contributed by atoms with E-state index in [-0.39, 0.29) is 23.4 Å². The molecule has 0 aliphatic carbocycles. The van der Waals surface area contributed by atoms with Crippen LogP contribution < -0.4 is 10.6 Å². The zero-order valence-electron chi connectivity index (χ0n) is 12.7. The summed E-state index contributed by atoms with van der Waals surface area (Å²) in [5, 5.41) is 6.11. The van der Waals surface area contributed by atoms with Crippen LogP contribution in [0.25, 0.3) is 0 Å². The van der Waals surface area contributed by atoms with Gasteiger partial charge in [-0.25, -0.2) is 0 Å². The van der Waals surface area contributed by atoms with Crippen LogP contribution in [0.5, 0.6) is 0 Å². The molecule has 0 fully saturated rings. The fraction of sp³-hybridized carbons (Fsp3) is 0.562. The van der Waals surface area contributed by atoms with E-state index in [9.17, 15) is 4.79 Å². The number of rotatable bonds is 5. The first-order valence-corrected chi connectivity index (χ1v) is 6.86. The zero-order valence-corrected chi connectivity index (χ0v) is 12.7. The maximum atomic E-state index is 12.1. The number of hydrogen-bond donors (Lipinski definition) is 2. The van der Waals surface area contributed by atoms with E-state index in [0.717, 1.165) is 12.0 Å². The molecule has 2 N–H and O–H groups in total. The van der Waals surface area contributed by atoms with Gasteiger partial charge < -0.3 is 10.6 Å². The molecule has 0 bridgehead atoms. The first-order valence-electron chi connectivity index (χ1n) is 6.86. The summed E-state index contributed by atoms with van der Waals surface area (Å²) in [4.78, 5) is 12.1.